The first-order chi connectivity index (χ1) is 11.4. The van der Waals surface area contributed by atoms with Crippen molar-refractivity contribution in [1.29, 1.82) is 0 Å². The van der Waals surface area contributed by atoms with Gasteiger partial charge in [0.2, 0.25) is 0 Å². The zero-order chi connectivity index (χ0) is 17.7. The van der Waals surface area contributed by atoms with Gasteiger partial charge in [-0.3, -0.25) is 5.43 Å². The number of hydrogen-bond donors (Lipinski definition) is 2. The first-order valence-corrected chi connectivity index (χ1v) is 9.83. The molecule has 3 N–H and O–H groups in total. The maximum Gasteiger partial charge on any atom is 0.184 e. The lowest BCUT2D eigenvalue weighted by atomic mass is 10.2. The van der Waals surface area contributed by atoms with Gasteiger partial charge in [0.25, 0.3) is 0 Å². The van der Waals surface area contributed by atoms with Crippen molar-refractivity contribution < 1.29 is 4.74 Å². The molecule has 2 aromatic carbocycles. The lowest BCUT2D eigenvalue weighted by Gasteiger charge is -2.12. The molecule has 0 atom stereocenters. The molecular formula is C15H11Cl2I2N3OS. The van der Waals surface area contributed by atoms with E-state index in [4.69, 9.17) is 45.9 Å². The largest absolute Gasteiger partial charge is 0.487 e. The van der Waals surface area contributed by atoms with E-state index in [9.17, 15) is 0 Å². The van der Waals surface area contributed by atoms with Crippen molar-refractivity contribution in [3.63, 3.8) is 0 Å². The summed E-state index contributed by atoms with van der Waals surface area (Å²) in [7, 11) is 0. The monoisotopic (exact) mass is 605 g/mol. The van der Waals surface area contributed by atoms with Crippen LogP contribution in [0.1, 0.15) is 11.1 Å². The number of benzene rings is 2. The third-order valence-corrected chi connectivity index (χ3v) is 5.08. The quantitative estimate of drug-likeness (QED) is 0.219. The van der Waals surface area contributed by atoms with Crippen molar-refractivity contribution in [2.45, 2.75) is 6.61 Å². The van der Waals surface area contributed by atoms with Gasteiger partial charge in [0.05, 0.1) is 13.4 Å². The molecule has 2 aromatic rings. The molecule has 0 unspecified atom stereocenters. The third-order valence-electron chi connectivity index (χ3n) is 2.80. The van der Waals surface area contributed by atoms with Gasteiger partial charge in [-0.05, 0) is 87.2 Å². The van der Waals surface area contributed by atoms with Crippen molar-refractivity contribution in [3.8, 4) is 5.75 Å². The minimum Gasteiger partial charge on any atom is -0.487 e. The summed E-state index contributed by atoms with van der Waals surface area (Å²) in [5, 5.41) is 5.25. The van der Waals surface area contributed by atoms with Crippen LogP contribution < -0.4 is 15.9 Å². The molecule has 4 nitrogen and oxygen atoms in total. The Morgan fingerprint density at radius 3 is 2.50 bits per heavy atom. The Morgan fingerprint density at radius 2 is 1.92 bits per heavy atom. The molecule has 24 heavy (non-hydrogen) atoms. The summed E-state index contributed by atoms with van der Waals surface area (Å²) in [5.74, 6) is 0.793. The highest BCUT2D eigenvalue weighted by atomic mass is 127. The molecule has 0 bridgehead atoms. The van der Waals surface area contributed by atoms with Crippen LogP contribution in [0.2, 0.25) is 10.0 Å². The molecule has 0 saturated carbocycles. The Morgan fingerprint density at radius 1 is 1.25 bits per heavy atom. The van der Waals surface area contributed by atoms with Crippen LogP contribution in [0.15, 0.2) is 35.4 Å². The van der Waals surface area contributed by atoms with Gasteiger partial charge in [0.15, 0.2) is 5.11 Å². The highest BCUT2D eigenvalue weighted by Crippen LogP contribution is 2.30. The number of ether oxygens (including phenoxy) is 1. The summed E-state index contributed by atoms with van der Waals surface area (Å²) in [6.45, 7) is 0.360. The lowest BCUT2D eigenvalue weighted by molar-refractivity contribution is 0.302. The average molecular weight is 606 g/mol. The van der Waals surface area contributed by atoms with Crippen LogP contribution in [0.4, 0.5) is 0 Å². The van der Waals surface area contributed by atoms with E-state index in [1.807, 2.05) is 18.2 Å². The molecule has 0 aromatic heterocycles. The van der Waals surface area contributed by atoms with Crippen molar-refractivity contribution in [1.82, 2.24) is 5.43 Å². The number of nitrogens with two attached hydrogens (primary N) is 1. The average Bonchev–Trinajstić information content (AvgIpc) is 2.48. The molecule has 0 aliphatic rings. The summed E-state index contributed by atoms with van der Waals surface area (Å²) in [5.41, 5.74) is 9.62. The van der Waals surface area contributed by atoms with Crippen LogP contribution >= 0.6 is 80.6 Å². The summed E-state index contributed by atoms with van der Waals surface area (Å²) in [4.78, 5) is 0. The Kier molecular flexibility index (Phi) is 7.79. The maximum atomic E-state index is 6.17. The second-order valence-electron chi connectivity index (χ2n) is 4.57. The minimum atomic E-state index is 0.121. The number of hydrogen-bond acceptors (Lipinski definition) is 3. The number of nitrogens with one attached hydrogen (secondary N) is 1. The standard InChI is InChI=1S/C15H11Cl2I2N3OS/c16-10-2-1-9(11(17)5-10)7-23-14-12(18)3-8(4-13(14)19)6-21-22-15(20)24/h1-6H,7H2,(H3,20,22,24)/b21-6-. The number of rotatable bonds is 5. The first kappa shape index (κ1) is 20.0. The van der Waals surface area contributed by atoms with Crippen LogP contribution in [-0.4, -0.2) is 11.3 Å². The van der Waals surface area contributed by atoms with Crippen LogP contribution in [0.5, 0.6) is 5.75 Å². The van der Waals surface area contributed by atoms with E-state index < -0.39 is 0 Å². The molecule has 0 radical (unpaired) electrons. The predicted molar refractivity (Wildman–Crippen MR) is 120 cm³/mol. The van der Waals surface area contributed by atoms with Gasteiger partial charge >= 0.3 is 0 Å². The molecule has 0 spiro atoms. The van der Waals surface area contributed by atoms with Gasteiger partial charge in [0, 0.05) is 15.6 Å². The van der Waals surface area contributed by atoms with Crippen molar-refractivity contribution in [2.75, 3.05) is 0 Å². The summed E-state index contributed by atoms with van der Waals surface area (Å²) >= 11 is 21.2. The number of hydrazone groups is 1. The molecule has 0 heterocycles. The zero-order valence-corrected chi connectivity index (χ0v) is 18.7. The van der Waals surface area contributed by atoms with Crippen molar-refractivity contribution in [3.05, 3.63) is 58.6 Å². The fourth-order valence-electron chi connectivity index (χ4n) is 1.75. The van der Waals surface area contributed by atoms with E-state index in [0.29, 0.717) is 16.7 Å². The highest BCUT2D eigenvalue weighted by Gasteiger charge is 2.10. The summed E-state index contributed by atoms with van der Waals surface area (Å²) < 4.78 is 7.85. The molecule has 9 heteroatoms. The number of halogens is 4. The van der Waals surface area contributed by atoms with Gasteiger partial charge in [0.1, 0.15) is 12.4 Å². The van der Waals surface area contributed by atoms with Crippen LogP contribution in [-0.2, 0) is 6.61 Å². The number of thiocarbonyl (C=S) groups is 1. The molecule has 126 valence electrons. The maximum absolute atomic E-state index is 6.17. The Labute approximate surface area is 182 Å². The summed E-state index contributed by atoms with van der Waals surface area (Å²) in [6, 6.07) is 9.24. The van der Waals surface area contributed by atoms with Gasteiger partial charge in [-0.1, -0.05) is 29.3 Å². The molecule has 2 rings (SSSR count). The van der Waals surface area contributed by atoms with Crippen molar-refractivity contribution in [2.24, 2.45) is 10.8 Å². The molecule has 0 aliphatic carbocycles. The van der Waals surface area contributed by atoms with E-state index in [1.54, 1.807) is 18.3 Å². The smallest absolute Gasteiger partial charge is 0.184 e. The van der Waals surface area contributed by atoms with Gasteiger partial charge in [-0.2, -0.15) is 5.10 Å². The normalized spacial score (nSPS) is 10.8. The second-order valence-corrected chi connectivity index (χ2v) is 8.18. The predicted octanol–water partition coefficient (Wildman–Crippen LogP) is 4.95. The lowest BCUT2D eigenvalue weighted by Crippen LogP contribution is -2.24. The van der Waals surface area contributed by atoms with Gasteiger partial charge < -0.3 is 10.5 Å². The Hall–Kier alpha value is -0.360. The van der Waals surface area contributed by atoms with E-state index >= 15 is 0 Å². The van der Waals surface area contributed by atoms with Crippen LogP contribution in [0, 0.1) is 7.14 Å². The topological polar surface area (TPSA) is 59.6 Å². The third kappa shape index (κ3) is 5.87. The molecule has 0 amide bonds. The first-order valence-electron chi connectivity index (χ1n) is 6.51. The van der Waals surface area contributed by atoms with E-state index in [-0.39, 0.29) is 5.11 Å². The highest BCUT2D eigenvalue weighted by molar-refractivity contribution is 14.1. The molecule has 0 fully saturated rings. The molecule has 0 aliphatic heterocycles. The molecule has 0 saturated heterocycles. The van der Waals surface area contributed by atoms with E-state index in [1.165, 1.54) is 0 Å². The Bertz CT molecular complexity index is 779. The van der Waals surface area contributed by atoms with E-state index in [2.05, 4.69) is 55.7 Å². The second kappa shape index (κ2) is 9.37. The van der Waals surface area contributed by atoms with Gasteiger partial charge in [-0.25, -0.2) is 0 Å². The zero-order valence-electron chi connectivity index (χ0n) is 12.0. The minimum absolute atomic E-state index is 0.121. The van der Waals surface area contributed by atoms with Crippen LogP contribution in [0.25, 0.3) is 0 Å². The fourth-order valence-corrected chi connectivity index (χ4v) is 4.39. The fraction of sp³-hybridized carbons (Fsp3) is 0.0667. The SMILES string of the molecule is NC(=S)N/N=C\c1cc(I)c(OCc2ccc(Cl)cc2Cl)c(I)c1. The van der Waals surface area contributed by atoms with Crippen molar-refractivity contribution >= 4 is 91.9 Å². The Balaban J connectivity index is 2.13. The van der Waals surface area contributed by atoms with Gasteiger partial charge in [-0.15, -0.1) is 0 Å². The van der Waals surface area contributed by atoms with Crippen LogP contribution in [0.3, 0.4) is 0 Å². The molecular weight excluding hydrogens is 595 g/mol. The number of nitrogens with zero attached hydrogens (tertiary/aromatic N) is 1. The van der Waals surface area contributed by atoms with E-state index in [0.717, 1.165) is 24.0 Å². The summed E-state index contributed by atoms with van der Waals surface area (Å²) in [6.07, 6.45) is 1.64.